The van der Waals surface area contributed by atoms with Crippen LogP contribution < -0.4 is 5.32 Å². The van der Waals surface area contributed by atoms with Crippen molar-refractivity contribution in [2.24, 2.45) is 0 Å². The van der Waals surface area contributed by atoms with Crippen LogP contribution in [0.2, 0.25) is 0 Å². The molecular weight excluding hydrogens is 528 g/mol. The van der Waals surface area contributed by atoms with Gasteiger partial charge in [0.15, 0.2) is 0 Å². The number of nitrogens with zero attached hydrogens (tertiary/aromatic N) is 1. The summed E-state index contributed by atoms with van der Waals surface area (Å²) in [5.41, 5.74) is 9.13. The molecule has 2 aliphatic rings. The van der Waals surface area contributed by atoms with Crippen molar-refractivity contribution in [2.45, 2.75) is 39.8 Å². The largest absolute Gasteiger partial charge is 0.334 e. The number of carbonyl (C=O) groups is 1. The summed E-state index contributed by atoms with van der Waals surface area (Å²) in [5.74, 6) is 0.119. The number of nitrogens with one attached hydrogen (secondary N) is 1. The summed E-state index contributed by atoms with van der Waals surface area (Å²) in [5, 5.41) is 3.37. The third kappa shape index (κ3) is 5.33. The van der Waals surface area contributed by atoms with E-state index >= 15 is 0 Å². The molecule has 3 nitrogen and oxygen atoms in total. The van der Waals surface area contributed by atoms with Crippen LogP contribution in [0.1, 0.15) is 43.7 Å². The van der Waals surface area contributed by atoms with Crippen molar-refractivity contribution in [3.05, 3.63) is 102 Å². The fraction of sp³-hybridized carbons (Fsp3) is 0.296. The first-order valence-corrected chi connectivity index (χ1v) is 12.6. The normalized spacial score (nSPS) is 14.7. The molecule has 0 bridgehead atoms. The molecule has 0 saturated carbocycles. The third-order valence-corrected chi connectivity index (χ3v) is 7.14. The van der Waals surface area contributed by atoms with Gasteiger partial charge in [0, 0.05) is 34.1 Å². The Morgan fingerprint density at radius 2 is 1.50 bits per heavy atom. The quantitative estimate of drug-likeness (QED) is 0.379. The number of hydrogen-bond acceptors (Lipinski definition) is 2. The monoisotopic (exact) mass is 554 g/mol. The Morgan fingerprint density at radius 3 is 2.19 bits per heavy atom. The molecule has 0 saturated heterocycles. The van der Waals surface area contributed by atoms with Crippen molar-refractivity contribution >= 4 is 37.8 Å². The molecule has 0 radical (unpaired) electrons. The van der Waals surface area contributed by atoms with E-state index < -0.39 is 0 Å². The lowest BCUT2D eigenvalue weighted by Crippen LogP contribution is -2.36. The number of aryl methyl sites for hydroxylation is 2. The van der Waals surface area contributed by atoms with E-state index in [4.69, 9.17) is 0 Å². The summed E-state index contributed by atoms with van der Waals surface area (Å²) in [6.07, 6.45) is 2.11. The van der Waals surface area contributed by atoms with Gasteiger partial charge in [-0.25, -0.2) is 0 Å². The van der Waals surface area contributed by atoms with Gasteiger partial charge in [0.25, 0.3) is 5.91 Å². The first-order valence-electron chi connectivity index (χ1n) is 11.0. The predicted octanol–water partition coefficient (Wildman–Crippen LogP) is 6.36. The van der Waals surface area contributed by atoms with Gasteiger partial charge in [0.1, 0.15) is 0 Å². The zero-order chi connectivity index (χ0) is 22.7. The van der Waals surface area contributed by atoms with E-state index in [1.165, 1.54) is 44.3 Å². The Hall–Kier alpha value is -1.95. The number of carbonyl (C=O) groups excluding carboxylic acids is 1. The van der Waals surface area contributed by atoms with E-state index in [-0.39, 0.29) is 5.91 Å². The molecule has 3 aromatic rings. The molecular formula is C27H28Br2N2O. The third-order valence-electron chi connectivity index (χ3n) is 6.23. The first-order chi connectivity index (χ1) is 15.4. The molecule has 5 rings (SSSR count). The number of fused-ring (bicyclic) bond motifs is 2. The SMILES string of the molecule is Cc1cc(Br)cc2c1CCN(C(=O)c1ccccc1)C2.Cc1cc(Br)cc2c1CCNC2. The summed E-state index contributed by atoms with van der Waals surface area (Å²) in [6, 6.07) is 18.2. The van der Waals surface area contributed by atoms with Crippen molar-refractivity contribution in [3.63, 3.8) is 0 Å². The summed E-state index contributed by atoms with van der Waals surface area (Å²) >= 11 is 7.05. The fourth-order valence-corrected chi connectivity index (χ4v) is 5.84. The molecule has 0 aliphatic carbocycles. The number of hydrogen-bond donors (Lipinski definition) is 1. The average molecular weight is 556 g/mol. The molecule has 2 aliphatic heterocycles. The Balaban J connectivity index is 0.000000174. The molecule has 1 amide bonds. The minimum atomic E-state index is 0.119. The van der Waals surface area contributed by atoms with E-state index in [0.29, 0.717) is 6.54 Å². The lowest BCUT2D eigenvalue weighted by molar-refractivity contribution is 0.0734. The van der Waals surface area contributed by atoms with Gasteiger partial charge in [-0.15, -0.1) is 0 Å². The van der Waals surface area contributed by atoms with Crippen molar-refractivity contribution in [2.75, 3.05) is 13.1 Å². The Morgan fingerprint density at radius 1 is 0.875 bits per heavy atom. The highest BCUT2D eigenvalue weighted by molar-refractivity contribution is 9.10. The molecule has 3 aromatic carbocycles. The molecule has 0 fully saturated rings. The lowest BCUT2D eigenvalue weighted by Gasteiger charge is -2.30. The zero-order valence-electron chi connectivity index (χ0n) is 18.6. The summed E-state index contributed by atoms with van der Waals surface area (Å²) in [6.45, 7) is 7.96. The van der Waals surface area contributed by atoms with Gasteiger partial charge in [-0.3, -0.25) is 4.79 Å². The van der Waals surface area contributed by atoms with Gasteiger partial charge in [0.2, 0.25) is 0 Å². The summed E-state index contributed by atoms with van der Waals surface area (Å²) < 4.78 is 2.28. The topological polar surface area (TPSA) is 32.3 Å². The number of rotatable bonds is 1. The first kappa shape index (κ1) is 23.2. The smallest absolute Gasteiger partial charge is 0.254 e. The van der Waals surface area contributed by atoms with E-state index in [1.807, 2.05) is 35.2 Å². The molecule has 32 heavy (non-hydrogen) atoms. The molecule has 0 aromatic heterocycles. The Labute approximate surface area is 207 Å². The number of benzene rings is 3. The van der Waals surface area contributed by atoms with Gasteiger partial charge < -0.3 is 10.2 Å². The second kappa shape index (κ2) is 10.3. The van der Waals surface area contributed by atoms with Gasteiger partial charge in [0.05, 0.1) is 0 Å². The highest BCUT2D eigenvalue weighted by Crippen LogP contribution is 2.27. The average Bonchev–Trinajstić information content (AvgIpc) is 2.79. The van der Waals surface area contributed by atoms with E-state index in [1.54, 1.807) is 0 Å². The van der Waals surface area contributed by atoms with Crippen LogP contribution >= 0.6 is 31.9 Å². The van der Waals surface area contributed by atoms with Crippen LogP contribution in [0.15, 0.2) is 63.5 Å². The second-order valence-corrected chi connectivity index (χ2v) is 10.3. The van der Waals surface area contributed by atoms with E-state index in [2.05, 4.69) is 75.3 Å². The Kier molecular flexibility index (Phi) is 7.49. The fourth-order valence-electron chi connectivity index (χ4n) is 4.60. The molecule has 0 unspecified atom stereocenters. The van der Waals surface area contributed by atoms with Gasteiger partial charge in [-0.1, -0.05) is 50.1 Å². The highest BCUT2D eigenvalue weighted by Gasteiger charge is 2.22. The van der Waals surface area contributed by atoms with Crippen molar-refractivity contribution in [3.8, 4) is 0 Å². The maximum Gasteiger partial charge on any atom is 0.254 e. The number of halogens is 2. The van der Waals surface area contributed by atoms with Crippen LogP contribution in [-0.2, 0) is 25.9 Å². The number of amides is 1. The van der Waals surface area contributed by atoms with Gasteiger partial charge in [-0.05, 0) is 103 Å². The summed E-state index contributed by atoms with van der Waals surface area (Å²) in [4.78, 5) is 14.4. The second-order valence-electron chi connectivity index (χ2n) is 8.49. The molecule has 166 valence electrons. The van der Waals surface area contributed by atoms with Crippen LogP contribution in [0.5, 0.6) is 0 Å². The van der Waals surface area contributed by atoms with Crippen LogP contribution in [0.3, 0.4) is 0 Å². The van der Waals surface area contributed by atoms with Crippen LogP contribution in [0.25, 0.3) is 0 Å². The van der Waals surface area contributed by atoms with Crippen molar-refractivity contribution in [1.82, 2.24) is 10.2 Å². The molecule has 0 atom stereocenters. The Bertz CT molecular complexity index is 1130. The van der Waals surface area contributed by atoms with Gasteiger partial charge >= 0.3 is 0 Å². The van der Waals surface area contributed by atoms with Crippen molar-refractivity contribution < 1.29 is 4.79 Å². The zero-order valence-corrected chi connectivity index (χ0v) is 21.7. The van der Waals surface area contributed by atoms with Crippen LogP contribution in [0.4, 0.5) is 0 Å². The van der Waals surface area contributed by atoms with E-state index in [9.17, 15) is 4.79 Å². The standard InChI is InChI=1S/C17H16BrNO.C10H12BrN/c1-12-9-15(18)10-14-11-19(8-7-16(12)14)17(20)13-5-3-2-4-6-13;1-7-4-9(11)5-8-6-12-3-2-10(7)8/h2-6,9-10H,7-8,11H2,1H3;4-5,12H,2-3,6H2,1H3. The molecule has 5 heteroatoms. The van der Waals surface area contributed by atoms with Gasteiger partial charge in [-0.2, -0.15) is 0 Å². The van der Waals surface area contributed by atoms with E-state index in [0.717, 1.165) is 36.1 Å². The summed E-state index contributed by atoms with van der Waals surface area (Å²) in [7, 11) is 0. The van der Waals surface area contributed by atoms with Crippen molar-refractivity contribution in [1.29, 1.82) is 0 Å². The minimum Gasteiger partial charge on any atom is -0.334 e. The maximum absolute atomic E-state index is 12.5. The molecule has 0 spiro atoms. The molecule has 2 heterocycles. The predicted molar refractivity (Wildman–Crippen MR) is 138 cm³/mol. The highest BCUT2D eigenvalue weighted by atomic mass is 79.9. The molecule has 1 N–H and O–H groups in total. The minimum absolute atomic E-state index is 0.119. The maximum atomic E-state index is 12.5. The van der Waals surface area contributed by atoms with Crippen LogP contribution in [0, 0.1) is 13.8 Å². The lowest BCUT2D eigenvalue weighted by atomic mass is 9.95. The van der Waals surface area contributed by atoms with Crippen LogP contribution in [-0.4, -0.2) is 23.9 Å².